The number of benzene rings is 1. The van der Waals surface area contributed by atoms with Gasteiger partial charge in [0.25, 0.3) is 0 Å². The lowest BCUT2D eigenvalue weighted by atomic mass is 10.0. The van der Waals surface area contributed by atoms with Crippen molar-refractivity contribution in [2.45, 2.75) is 77.2 Å². The molecule has 0 aliphatic rings. The number of nitrogens with zero attached hydrogens (tertiary/aromatic N) is 2. The third-order valence-corrected chi connectivity index (χ3v) is 5.02. The van der Waals surface area contributed by atoms with Gasteiger partial charge in [-0.3, -0.25) is 0 Å². The van der Waals surface area contributed by atoms with Crippen LogP contribution in [0.1, 0.15) is 82.2 Å². The molecule has 1 aromatic heterocycles. The Kier molecular flexibility index (Phi) is 10.2. The Labute approximate surface area is 173 Å². The molecule has 0 bridgehead atoms. The number of nitrogens with one attached hydrogen (secondary N) is 1. The topological polar surface area (TPSA) is 114 Å². The molecule has 1 aromatic carbocycles. The monoisotopic (exact) mass is 402 g/mol. The molecule has 0 aliphatic heterocycles. The number of amides is 1. The van der Waals surface area contributed by atoms with Crippen molar-refractivity contribution >= 4 is 6.09 Å². The van der Waals surface area contributed by atoms with Gasteiger partial charge in [0.2, 0.25) is 11.7 Å². The van der Waals surface area contributed by atoms with E-state index in [4.69, 9.17) is 15.4 Å². The highest BCUT2D eigenvalue weighted by atomic mass is 16.5. The van der Waals surface area contributed by atoms with Crippen LogP contribution in [-0.2, 0) is 6.42 Å². The fourth-order valence-corrected chi connectivity index (χ4v) is 3.24. The van der Waals surface area contributed by atoms with Crippen LogP contribution < -0.4 is 11.1 Å². The third-order valence-electron chi connectivity index (χ3n) is 5.02. The van der Waals surface area contributed by atoms with E-state index in [2.05, 4.69) is 34.5 Å². The second-order valence-electron chi connectivity index (χ2n) is 7.51. The van der Waals surface area contributed by atoms with Crippen LogP contribution in [0.25, 0.3) is 11.4 Å². The van der Waals surface area contributed by atoms with E-state index in [1.54, 1.807) is 0 Å². The maximum atomic E-state index is 10.5. The molecule has 0 saturated heterocycles. The molecule has 2 rings (SSSR count). The summed E-state index contributed by atoms with van der Waals surface area (Å²) >= 11 is 0. The minimum absolute atomic E-state index is 0.238. The van der Waals surface area contributed by atoms with Gasteiger partial charge in [-0.15, -0.1) is 0 Å². The van der Waals surface area contributed by atoms with Gasteiger partial charge in [-0.05, 0) is 24.8 Å². The number of hydrogen-bond acceptors (Lipinski definition) is 5. The first-order valence-electron chi connectivity index (χ1n) is 10.8. The first-order valence-corrected chi connectivity index (χ1v) is 10.8. The Balaban J connectivity index is 1.73. The van der Waals surface area contributed by atoms with Crippen LogP contribution in [0.5, 0.6) is 0 Å². The number of aryl methyl sites for hydroxylation is 1. The van der Waals surface area contributed by atoms with Crippen LogP contribution in [0.3, 0.4) is 0 Å². The Morgan fingerprint density at radius 1 is 1.10 bits per heavy atom. The van der Waals surface area contributed by atoms with Crippen molar-refractivity contribution in [3.8, 4) is 11.4 Å². The highest BCUT2D eigenvalue weighted by molar-refractivity contribution is 5.64. The number of nitrogens with two attached hydrogens (primary N) is 1. The molecule has 0 radical (unpaired) electrons. The lowest BCUT2D eigenvalue weighted by Crippen LogP contribution is -2.25. The zero-order valence-electron chi connectivity index (χ0n) is 17.4. The Bertz CT molecular complexity index is 715. The second-order valence-corrected chi connectivity index (χ2v) is 7.51. The summed E-state index contributed by atoms with van der Waals surface area (Å²) < 4.78 is 5.23. The van der Waals surface area contributed by atoms with Gasteiger partial charge < -0.3 is 20.7 Å². The van der Waals surface area contributed by atoms with Gasteiger partial charge in [-0.25, -0.2) is 4.79 Å². The number of hydrogen-bond donors (Lipinski definition) is 3. The lowest BCUT2D eigenvalue weighted by Gasteiger charge is -2.05. The molecule has 0 unspecified atom stereocenters. The van der Waals surface area contributed by atoms with Gasteiger partial charge >= 0.3 is 6.09 Å². The zero-order valence-corrected chi connectivity index (χ0v) is 17.4. The molecule has 0 fully saturated rings. The van der Waals surface area contributed by atoms with Crippen LogP contribution in [0.4, 0.5) is 4.79 Å². The van der Waals surface area contributed by atoms with Crippen molar-refractivity contribution in [2.24, 2.45) is 5.73 Å². The standard InChI is InChI=1S/C22H34N4O3/c1-2-3-4-5-6-7-8-9-10-17-11-13-18(14-12-17)20-25-21(29-26-20)19(23)15-16-24-22(27)28/h11-14,19,24H,2-10,15-16,23H2,1H3,(H,27,28)/t19-/m0/s1. The second kappa shape index (κ2) is 12.9. The molecule has 0 aliphatic carbocycles. The van der Waals surface area contributed by atoms with Crippen LogP contribution in [-0.4, -0.2) is 27.9 Å². The summed E-state index contributed by atoms with van der Waals surface area (Å²) in [6, 6.07) is 7.75. The number of carbonyl (C=O) groups is 1. The van der Waals surface area contributed by atoms with E-state index in [0.717, 1.165) is 12.0 Å². The number of rotatable bonds is 14. The van der Waals surface area contributed by atoms with E-state index in [9.17, 15) is 4.79 Å². The predicted octanol–water partition coefficient (Wildman–Crippen LogP) is 5.08. The summed E-state index contributed by atoms with van der Waals surface area (Å²) in [6.45, 7) is 2.49. The molecule has 29 heavy (non-hydrogen) atoms. The van der Waals surface area contributed by atoms with Crippen molar-refractivity contribution in [3.63, 3.8) is 0 Å². The first kappa shape index (κ1) is 22.9. The highest BCUT2D eigenvalue weighted by Gasteiger charge is 2.16. The molecule has 2 aromatic rings. The third kappa shape index (κ3) is 8.64. The fourth-order valence-electron chi connectivity index (χ4n) is 3.24. The molecule has 0 saturated carbocycles. The van der Waals surface area contributed by atoms with Crippen LogP contribution >= 0.6 is 0 Å². The number of aromatic nitrogens is 2. The van der Waals surface area contributed by atoms with E-state index in [-0.39, 0.29) is 6.54 Å². The fraction of sp³-hybridized carbons (Fsp3) is 0.591. The maximum absolute atomic E-state index is 10.5. The lowest BCUT2D eigenvalue weighted by molar-refractivity contribution is 0.194. The van der Waals surface area contributed by atoms with E-state index in [0.29, 0.717) is 18.1 Å². The summed E-state index contributed by atoms with van der Waals surface area (Å²) in [5.41, 5.74) is 8.19. The van der Waals surface area contributed by atoms with Gasteiger partial charge in [-0.1, -0.05) is 81.3 Å². The Hall–Kier alpha value is -2.41. The van der Waals surface area contributed by atoms with E-state index < -0.39 is 12.1 Å². The Morgan fingerprint density at radius 3 is 2.41 bits per heavy atom. The normalized spacial score (nSPS) is 12.1. The number of unbranched alkanes of at least 4 members (excludes halogenated alkanes) is 7. The highest BCUT2D eigenvalue weighted by Crippen LogP contribution is 2.20. The van der Waals surface area contributed by atoms with Crippen molar-refractivity contribution < 1.29 is 14.4 Å². The van der Waals surface area contributed by atoms with Gasteiger partial charge in [0.05, 0.1) is 6.04 Å². The summed E-state index contributed by atoms with van der Waals surface area (Å²) in [7, 11) is 0. The molecule has 0 spiro atoms. The van der Waals surface area contributed by atoms with E-state index >= 15 is 0 Å². The van der Waals surface area contributed by atoms with Gasteiger partial charge in [0, 0.05) is 12.1 Å². The summed E-state index contributed by atoms with van der Waals surface area (Å²) in [5.74, 6) is 0.815. The zero-order chi connectivity index (χ0) is 20.9. The van der Waals surface area contributed by atoms with Gasteiger partial charge in [0.1, 0.15) is 0 Å². The first-order chi connectivity index (χ1) is 14.1. The quantitative estimate of drug-likeness (QED) is 0.380. The Morgan fingerprint density at radius 2 is 1.76 bits per heavy atom. The van der Waals surface area contributed by atoms with E-state index in [1.807, 2.05) is 12.1 Å². The minimum atomic E-state index is -1.07. The SMILES string of the molecule is CCCCCCCCCCc1ccc(-c2noc([C@@H](N)CCNC(=O)O)n2)cc1. The molecular weight excluding hydrogens is 368 g/mol. The molecule has 1 heterocycles. The summed E-state index contributed by atoms with van der Waals surface area (Å²) in [4.78, 5) is 14.8. The molecule has 7 heteroatoms. The summed E-state index contributed by atoms with van der Waals surface area (Å²) in [5, 5.41) is 14.9. The van der Waals surface area contributed by atoms with Crippen LogP contribution in [0.15, 0.2) is 28.8 Å². The van der Waals surface area contributed by atoms with Gasteiger partial charge in [0.15, 0.2) is 0 Å². The molecule has 1 amide bonds. The molecule has 7 nitrogen and oxygen atoms in total. The predicted molar refractivity (Wildman–Crippen MR) is 114 cm³/mol. The molecule has 1 atom stereocenters. The molecule has 4 N–H and O–H groups in total. The largest absolute Gasteiger partial charge is 0.465 e. The molecule has 160 valence electrons. The van der Waals surface area contributed by atoms with Crippen molar-refractivity contribution in [1.29, 1.82) is 0 Å². The van der Waals surface area contributed by atoms with Crippen LogP contribution in [0, 0.1) is 0 Å². The molecular formula is C22H34N4O3. The van der Waals surface area contributed by atoms with Crippen molar-refractivity contribution in [1.82, 2.24) is 15.5 Å². The van der Waals surface area contributed by atoms with Crippen molar-refractivity contribution in [2.75, 3.05) is 6.54 Å². The maximum Gasteiger partial charge on any atom is 0.404 e. The number of carboxylic acid groups (broad SMARTS) is 1. The van der Waals surface area contributed by atoms with E-state index in [1.165, 1.54) is 56.9 Å². The smallest absolute Gasteiger partial charge is 0.404 e. The van der Waals surface area contributed by atoms with Crippen molar-refractivity contribution in [3.05, 3.63) is 35.7 Å². The summed E-state index contributed by atoms with van der Waals surface area (Å²) in [6.07, 6.45) is 11.0. The average Bonchev–Trinajstić information content (AvgIpc) is 3.20. The van der Waals surface area contributed by atoms with Gasteiger partial charge in [-0.2, -0.15) is 4.98 Å². The van der Waals surface area contributed by atoms with Crippen LogP contribution in [0.2, 0.25) is 0 Å². The average molecular weight is 403 g/mol. The minimum Gasteiger partial charge on any atom is -0.465 e.